The molecule has 0 aliphatic heterocycles. The number of hydrogen-bond acceptors (Lipinski definition) is 6. The number of rotatable bonds is 5. The smallest absolute Gasteiger partial charge is 0.332 e. The molecule has 4 rings (SSSR count). The van der Waals surface area contributed by atoms with Crippen LogP contribution in [0.3, 0.4) is 0 Å². The maximum absolute atomic E-state index is 13.3. The maximum Gasteiger partial charge on any atom is 0.332 e. The molecule has 0 saturated heterocycles. The van der Waals surface area contributed by atoms with Crippen LogP contribution in [0, 0.1) is 13.8 Å². The molecule has 1 aromatic carbocycles. The number of benzene rings is 1. The van der Waals surface area contributed by atoms with E-state index in [1.807, 2.05) is 19.9 Å². The number of aryl methyl sites for hydroxylation is 2. The molecule has 8 nitrogen and oxygen atoms in total. The second-order valence-corrected chi connectivity index (χ2v) is 8.09. The Hall–Kier alpha value is -3.33. The molecule has 0 saturated carbocycles. The van der Waals surface area contributed by atoms with Crippen LogP contribution in [0.25, 0.3) is 21.0 Å². The molecule has 0 spiro atoms. The average Bonchev–Trinajstić information content (AvgIpc) is 3.10. The van der Waals surface area contributed by atoms with Crippen LogP contribution in [0.2, 0.25) is 0 Å². The van der Waals surface area contributed by atoms with Crippen molar-refractivity contribution in [3.05, 3.63) is 68.3 Å². The van der Waals surface area contributed by atoms with Gasteiger partial charge in [-0.25, -0.2) is 14.2 Å². The van der Waals surface area contributed by atoms with E-state index < -0.39 is 23.3 Å². The summed E-state index contributed by atoms with van der Waals surface area (Å²) in [5.74, 6) is -1.22. The van der Waals surface area contributed by atoms with Crippen molar-refractivity contribution in [2.75, 3.05) is 0 Å². The highest BCUT2D eigenvalue weighted by molar-refractivity contribution is 7.13. The normalized spacial score (nSPS) is 12.5. The highest BCUT2D eigenvalue weighted by Crippen LogP contribution is 2.28. The molecule has 0 fully saturated rings. The van der Waals surface area contributed by atoms with E-state index in [1.54, 1.807) is 6.92 Å². The van der Waals surface area contributed by atoms with Gasteiger partial charge in [0.25, 0.3) is 5.56 Å². The Morgan fingerprint density at radius 3 is 2.73 bits per heavy atom. The van der Waals surface area contributed by atoms with Crippen LogP contribution < -0.4 is 11.2 Å². The van der Waals surface area contributed by atoms with E-state index in [2.05, 4.69) is 15.4 Å². The third-order valence-electron chi connectivity index (χ3n) is 5.25. The zero-order valence-electron chi connectivity index (χ0n) is 16.7. The first-order valence-corrected chi connectivity index (χ1v) is 10.3. The van der Waals surface area contributed by atoms with Crippen LogP contribution >= 0.6 is 11.5 Å². The largest absolute Gasteiger partial charge is 0.480 e. The lowest BCUT2D eigenvalue weighted by molar-refractivity contribution is -0.141. The van der Waals surface area contributed by atoms with Crippen molar-refractivity contribution in [3.63, 3.8) is 0 Å². The number of nitrogens with zero attached hydrogens (tertiary/aromatic N) is 4. The quantitative estimate of drug-likeness (QED) is 0.528. The van der Waals surface area contributed by atoms with Crippen LogP contribution in [0.5, 0.6) is 0 Å². The molecule has 3 aromatic heterocycles. The zero-order valence-corrected chi connectivity index (χ0v) is 17.6. The van der Waals surface area contributed by atoms with Gasteiger partial charge in [0.1, 0.15) is 6.04 Å². The van der Waals surface area contributed by atoms with E-state index in [0.717, 1.165) is 25.8 Å². The highest BCUT2D eigenvalue weighted by atomic mass is 32.1. The maximum atomic E-state index is 13.3. The Morgan fingerprint density at radius 1 is 1.27 bits per heavy atom. The average molecular weight is 424 g/mol. The summed E-state index contributed by atoms with van der Waals surface area (Å²) in [6, 6.07) is 4.36. The predicted molar refractivity (Wildman–Crippen MR) is 115 cm³/mol. The molecule has 1 atom stereocenters. The second-order valence-electron chi connectivity index (χ2n) is 7.28. The van der Waals surface area contributed by atoms with Gasteiger partial charge in [0.05, 0.1) is 34.0 Å². The lowest BCUT2D eigenvalue weighted by Gasteiger charge is -2.17. The fraction of sp³-hybridized carbons (Fsp3) is 0.286. The van der Waals surface area contributed by atoms with Gasteiger partial charge < -0.3 is 5.11 Å². The first kappa shape index (κ1) is 20.0. The van der Waals surface area contributed by atoms with Crippen LogP contribution in [-0.4, -0.2) is 29.6 Å². The van der Waals surface area contributed by atoms with Crippen LogP contribution in [-0.2, 0) is 11.3 Å². The first-order chi connectivity index (χ1) is 14.3. The van der Waals surface area contributed by atoms with Crippen molar-refractivity contribution in [3.8, 4) is 0 Å². The summed E-state index contributed by atoms with van der Waals surface area (Å²) < 4.78 is 7.79. The van der Waals surface area contributed by atoms with E-state index in [9.17, 15) is 19.5 Å². The molecule has 3 heterocycles. The number of carbonyl (C=O) groups is 1. The molecule has 154 valence electrons. The number of aliphatic carboxylic acids is 1. The monoisotopic (exact) mass is 424 g/mol. The van der Waals surface area contributed by atoms with Crippen molar-refractivity contribution >= 4 is 38.5 Å². The first-order valence-electron chi connectivity index (χ1n) is 9.50. The predicted octanol–water partition coefficient (Wildman–Crippen LogP) is 2.87. The fourth-order valence-corrected chi connectivity index (χ4v) is 4.87. The molecule has 30 heavy (non-hydrogen) atoms. The van der Waals surface area contributed by atoms with Crippen LogP contribution in [0.15, 0.2) is 40.2 Å². The Kier molecular flexibility index (Phi) is 4.98. The molecule has 0 aliphatic carbocycles. The summed E-state index contributed by atoms with van der Waals surface area (Å²) in [5, 5.41) is 10.8. The molecule has 0 amide bonds. The minimum absolute atomic E-state index is 0.110. The van der Waals surface area contributed by atoms with Gasteiger partial charge in [-0.15, -0.1) is 0 Å². The summed E-state index contributed by atoms with van der Waals surface area (Å²) in [7, 11) is 0. The van der Waals surface area contributed by atoms with Crippen molar-refractivity contribution in [2.24, 2.45) is 0 Å². The molecule has 9 heteroatoms. The number of carboxylic acids is 1. The number of carboxylic acid groups (broad SMARTS) is 1. The number of fused-ring (bicyclic) bond motifs is 2. The van der Waals surface area contributed by atoms with Crippen molar-refractivity contribution < 1.29 is 9.90 Å². The SMILES string of the molecule is CC[C@@H](C(=O)O)n1c(=O)c2ccncc2n(Cc2nsc3cc(C)cc(C)c23)c1=O. The molecule has 0 aliphatic rings. The van der Waals surface area contributed by atoms with Gasteiger partial charge in [0.15, 0.2) is 0 Å². The van der Waals surface area contributed by atoms with Crippen LogP contribution in [0.4, 0.5) is 0 Å². The van der Waals surface area contributed by atoms with Crippen molar-refractivity contribution in [1.82, 2.24) is 18.5 Å². The zero-order chi connectivity index (χ0) is 21.6. The van der Waals surface area contributed by atoms with Gasteiger partial charge in [-0.05, 0) is 55.1 Å². The van der Waals surface area contributed by atoms with Gasteiger partial charge in [-0.3, -0.25) is 14.3 Å². The van der Waals surface area contributed by atoms with E-state index in [4.69, 9.17) is 0 Å². The molecule has 1 N–H and O–H groups in total. The Bertz CT molecular complexity index is 1420. The summed E-state index contributed by atoms with van der Waals surface area (Å²) in [4.78, 5) is 42.1. The van der Waals surface area contributed by atoms with Crippen LogP contribution in [0.1, 0.15) is 36.2 Å². The minimum atomic E-state index is -1.25. The van der Waals surface area contributed by atoms with Gasteiger partial charge >= 0.3 is 11.7 Å². The minimum Gasteiger partial charge on any atom is -0.480 e. The summed E-state index contributed by atoms with van der Waals surface area (Å²) in [5.41, 5.74) is 1.93. The van der Waals surface area contributed by atoms with Crippen molar-refractivity contribution in [1.29, 1.82) is 0 Å². The van der Waals surface area contributed by atoms with Crippen molar-refractivity contribution in [2.45, 2.75) is 39.8 Å². The third kappa shape index (κ3) is 3.11. The molecule has 0 bridgehead atoms. The summed E-state index contributed by atoms with van der Waals surface area (Å²) in [6.45, 7) is 5.75. The topological polar surface area (TPSA) is 107 Å². The second kappa shape index (κ2) is 7.49. The third-order valence-corrected chi connectivity index (χ3v) is 6.09. The Morgan fingerprint density at radius 2 is 2.03 bits per heavy atom. The van der Waals surface area contributed by atoms with E-state index in [0.29, 0.717) is 11.2 Å². The number of pyridine rings is 1. The van der Waals surface area contributed by atoms with E-state index in [1.165, 1.54) is 34.6 Å². The molecule has 0 unspecified atom stereocenters. The van der Waals surface area contributed by atoms with Gasteiger partial charge in [0, 0.05) is 11.6 Å². The molecule has 0 radical (unpaired) electrons. The Labute approximate surface area is 175 Å². The lowest BCUT2D eigenvalue weighted by Crippen LogP contribution is -2.44. The van der Waals surface area contributed by atoms with E-state index >= 15 is 0 Å². The van der Waals surface area contributed by atoms with Gasteiger partial charge in [-0.1, -0.05) is 13.0 Å². The van der Waals surface area contributed by atoms with Gasteiger partial charge in [-0.2, -0.15) is 4.37 Å². The van der Waals surface area contributed by atoms with E-state index in [-0.39, 0.29) is 18.4 Å². The summed E-state index contributed by atoms with van der Waals surface area (Å²) in [6.07, 6.45) is 3.02. The summed E-state index contributed by atoms with van der Waals surface area (Å²) >= 11 is 1.35. The fourth-order valence-electron chi connectivity index (χ4n) is 3.91. The number of aromatic nitrogens is 4. The number of hydrogen-bond donors (Lipinski definition) is 1. The molecule has 4 aromatic rings. The standard InChI is InChI=1S/C21H20N4O4S/c1-4-15(20(27)28)25-19(26)13-5-6-22-9-16(13)24(21(25)29)10-14-18-12(3)7-11(2)8-17(18)30-23-14/h5-9,15H,4,10H2,1-3H3,(H,27,28)/t15-/m0/s1. The Balaban J connectivity index is 2.01. The lowest BCUT2D eigenvalue weighted by atomic mass is 10.1. The molecular weight excluding hydrogens is 404 g/mol. The van der Waals surface area contributed by atoms with Gasteiger partial charge in [0.2, 0.25) is 0 Å². The molecular formula is C21H20N4O4S. The highest BCUT2D eigenvalue weighted by Gasteiger charge is 2.25.